The third-order valence-corrected chi connectivity index (χ3v) is 7.38. The van der Waals surface area contributed by atoms with Crippen LogP contribution in [-0.4, -0.2) is 25.3 Å². The van der Waals surface area contributed by atoms with Gasteiger partial charge in [0.15, 0.2) is 6.10 Å². The van der Waals surface area contributed by atoms with Crippen LogP contribution < -0.4 is 0 Å². The van der Waals surface area contributed by atoms with Crippen LogP contribution in [0.3, 0.4) is 0 Å². The van der Waals surface area contributed by atoms with E-state index in [-0.39, 0.29) is 17.7 Å². The molecule has 0 amide bonds. The van der Waals surface area contributed by atoms with Crippen molar-refractivity contribution < 1.29 is 27.5 Å². The van der Waals surface area contributed by atoms with Crippen LogP contribution in [0.15, 0.2) is 95.9 Å². The first kappa shape index (κ1) is 20.8. The minimum Gasteiger partial charge on any atom is -0.449 e. The van der Waals surface area contributed by atoms with E-state index in [9.17, 15) is 18.0 Å². The second-order valence-electron chi connectivity index (χ2n) is 7.15. The van der Waals surface area contributed by atoms with E-state index in [1.54, 1.807) is 66.7 Å². The molecule has 4 rings (SSSR count). The summed E-state index contributed by atoms with van der Waals surface area (Å²) >= 11 is 0. The third kappa shape index (κ3) is 3.84. The fourth-order valence-electron chi connectivity index (χ4n) is 3.57. The Kier molecular flexibility index (Phi) is 5.61. The Bertz CT molecular complexity index is 1140. The molecular formula is C24H20O6S. The van der Waals surface area contributed by atoms with Gasteiger partial charge in [-0.25, -0.2) is 13.2 Å². The van der Waals surface area contributed by atoms with Crippen molar-refractivity contribution in [2.24, 2.45) is 0 Å². The molecule has 3 aromatic rings. The summed E-state index contributed by atoms with van der Waals surface area (Å²) in [6, 6.07) is 25.4. The van der Waals surface area contributed by atoms with Gasteiger partial charge < -0.3 is 9.47 Å². The molecule has 0 spiro atoms. The van der Waals surface area contributed by atoms with Crippen LogP contribution >= 0.6 is 0 Å². The fraction of sp³-hybridized carbons (Fsp3) is 0.167. The van der Waals surface area contributed by atoms with Crippen molar-refractivity contribution in [3.05, 3.63) is 102 Å². The SMILES string of the molecule is O=C1CCC(C(=O)OC(c2ccccc2)c2ccccc2)(S(=O)(=O)c2ccccc2)O1. The van der Waals surface area contributed by atoms with Crippen LogP contribution in [0.2, 0.25) is 0 Å². The summed E-state index contributed by atoms with van der Waals surface area (Å²) in [5.74, 6) is -1.87. The number of benzene rings is 3. The maximum Gasteiger partial charge on any atom is 0.368 e. The zero-order valence-corrected chi connectivity index (χ0v) is 17.3. The van der Waals surface area contributed by atoms with Crippen LogP contribution in [0, 0.1) is 0 Å². The third-order valence-electron chi connectivity index (χ3n) is 5.17. The maximum absolute atomic E-state index is 13.4. The second-order valence-corrected chi connectivity index (χ2v) is 9.29. The predicted molar refractivity (Wildman–Crippen MR) is 113 cm³/mol. The van der Waals surface area contributed by atoms with E-state index < -0.39 is 32.8 Å². The van der Waals surface area contributed by atoms with Crippen molar-refractivity contribution in [3.63, 3.8) is 0 Å². The van der Waals surface area contributed by atoms with Crippen LogP contribution in [0.1, 0.15) is 30.1 Å². The summed E-state index contributed by atoms with van der Waals surface area (Å²) in [5, 5.41) is 0. The molecule has 0 aromatic heterocycles. The molecule has 1 saturated heterocycles. The topological polar surface area (TPSA) is 86.7 Å². The number of carbonyl (C=O) groups excluding carboxylic acids is 2. The lowest BCUT2D eigenvalue weighted by Gasteiger charge is -2.28. The van der Waals surface area contributed by atoms with E-state index >= 15 is 0 Å². The molecule has 0 radical (unpaired) electrons. The highest BCUT2D eigenvalue weighted by Crippen LogP contribution is 2.40. The smallest absolute Gasteiger partial charge is 0.368 e. The molecular weight excluding hydrogens is 416 g/mol. The largest absolute Gasteiger partial charge is 0.449 e. The number of esters is 2. The van der Waals surface area contributed by atoms with Gasteiger partial charge >= 0.3 is 16.9 Å². The molecule has 0 saturated carbocycles. The number of hydrogen-bond donors (Lipinski definition) is 0. The number of hydrogen-bond acceptors (Lipinski definition) is 6. The highest BCUT2D eigenvalue weighted by Gasteiger charge is 2.60. The molecule has 0 N–H and O–H groups in total. The summed E-state index contributed by atoms with van der Waals surface area (Å²) < 4.78 is 37.8. The van der Waals surface area contributed by atoms with Crippen molar-refractivity contribution >= 4 is 21.8 Å². The molecule has 6 nitrogen and oxygen atoms in total. The van der Waals surface area contributed by atoms with Crippen LogP contribution in [0.4, 0.5) is 0 Å². The quantitative estimate of drug-likeness (QED) is 0.546. The molecule has 158 valence electrons. The van der Waals surface area contributed by atoms with Crippen molar-refractivity contribution in [1.29, 1.82) is 0 Å². The minimum atomic E-state index is -4.36. The Labute approximate surface area is 180 Å². The summed E-state index contributed by atoms with van der Waals surface area (Å²) in [7, 11) is -4.36. The summed E-state index contributed by atoms with van der Waals surface area (Å²) in [5.41, 5.74) is 1.33. The highest BCUT2D eigenvalue weighted by molar-refractivity contribution is 7.93. The number of rotatable bonds is 6. The van der Waals surface area contributed by atoms with Gasteiger partial charge in [0.25, 0.3) is 0 Å². The minimum absolute atomic E-state index is 0.113. The summed E-state index contributed by atoms with van der Waals surface area (Å²) in [6.07, 6.45) is -1.36. The molecule has 1 aliphatic rings. The van der Waals surface area contributed by atoms with Gasteiger partial charge in [-0.15, -0.1) is 0 Å². The van der Waals surface area contributed by atoms with Crippen LogP contribution in [-0.2, 0) is 28.9 Å². The molecule has 7 heteroatoms. The van der Waals surface area contributed by atoms with Gasteiger partial charge in [-0.05, 0) is 23.3 Å². The normalized spacial score (nSPS) is 18.5. The zero-order valence-electron chi connectivity index (χ0n) is 16.5. The van der Waals surface area contributed by atoms with Crippen LogP contribution in [0.25, 0.3) is 0 Å². The molecule has 1 unspecified atom stereocenters. The maximum atomic E-state index is 13.4. The Hall–Kier alpha value is -3.45. The van der Waals surface area contributed by atoms with E-state index in [4.69, 9.17) is 9.47 Å². The Morgan fingerprint density at radius 2 is 1.32 bits per heavy atom. The summed E-state index contributed by atoms with van der Waals surface area (Å²) in [6.45, 7) is 0. The van der Waals surface area contributed by atoms with Gasteiger partial charge in [0.1, 0.15) is 0 Å². The molecule has 1 fully saturated rings. The van der Waals surface area contributed by atoms with E-state index in [0.717, 1.165) is 0 Å². The van der Waals surface area contributed by atoms with E-state index in [1.165, 1.54) is 12.1 Å². The molecule has 0 bridgehead atoms. The van der Waals surface area contributed by atoms with Crippen LogP contribution in [0.5, 0.6) is 0 Å². The number of cyclic esters (lactones) is 1. The van der Waals surface area contributed by atoms with Crippen molar-refractivity contribution in [2.75, 3.05) is 0 Å². The number of sulfone groups is 1. The van der Waals surface area contributed by atoms with Gasteiger partial charge in [0, 0.05) is 6.42 Å². The molecule has 1 atom stereocenters. The Morgan fingerprint density at radius 1 is 0.839 bits per heavy atom. The first-order valence-corrected chi connectivity index (χ1v) is 11.2. The molecule has 0 aliphatic carbocycles. The van der Waals surface area contributed by atoms with Crippen molar-refractivity contribution in [1.82, 2.24) is 0 Å². The number of ether oxygens (including phenoxy) is 2. The number of carbonyl (C=O) groups is 2. The van der Waals surface area contributed by atoms with Gasteiger partial charge in [0.05, 0.1) is 11.3 Å². The second kappa shape index (κ2) is 8.35. The van der Waals surface area contributed by atoms with E-state index in [2.05, 4.69) is 0 Å². The van der Waals surface area contributed by atoms with Gasteiger partial charge in [-0.2, -0.15) is 0 Å². The van der Waals surface area contributed by atoms with Gasteiger partial charge in [0.2, 0.25) is 9.84 Å². The summed E-state index contributed by atoms with van der Waals surface area (Å²) in [4.78, 5) is 22.8. The standard InChI is InChI=1S/C24H20O6S/c25-21-16-17-24(30-21,31(27,28)20-14-8-3-9-15-20)23(26)29-22(18-10-4-1-5-11-18)19-12-6-2-7-13-19/h1-15,22H,16-17H2. The molecule has 1 heterocycles. The molecule has 3 aromatic carbocycles. The first-order chi connectivity index (χ1) is 14.9. The van der Waals surface area contributed by atoms with Crippen molar-refractivity contribution in [2.45, 2.75) is 28.8 Å². The van der Waals surface area contributed by atoms with Gasteiger partial charge in [-0.3, -0.25) is 4.79 Å². The fourth-order valence-corrected chi connectivity index (χ4v) is 5.30. The van der Waals surface area contributed by atoms with Crippen molar-refractivity contribution in [3.8, 4) is 0 Å². The average molecular weight is 436 g/mol. The molecule has 1 aliphatic heterocycles. The van der Waals surface area contributed by atoms with Gasteiger partial charge in [-0.1, -0.05) is 78.9 Å². The lowest BCUT2D eigenvalue weighted by Crippen LogP contribution is -2.48. The molecule has 31 heavy (non-hydrogen) atoms. The zero-order chi connectivity index (χ0) is 21.9. The van der Waals surface area contributed by atoms with E-state index in [1.807, 2.05) is 12.1 Å². The first-order valence-electron chi connectivity index (χ1n) is 9.76. The monoisotopic (exact) mass is 436 g/mol. The lowest BCUT2D eigenvalue weighted by molar-refractivity contribution is -0.168. The average Bonchev–Trinajstić information content (AvgIpc) is 3.22. The highest BCUT2D eigenvalue weighted by atomic mass is 32.2. The Balaban J connectivity index is 1.76. The van der Waals surface area contributed by atoms with E-state index in [0.29, 0.717) is 11.1 Å². The predicted octanol–water partition coefficient (Wildman–Crippen LogP) is 3.83. The Morgan fingerprint density at radius 3 is 1.77 bits per heavy atom. The lowest BCUT2D eigenvalue weighted by atomic mass is 10.0.